The van der Waals surface area contributed by atoms with Crippen LogP contribution >= 0.6 is 0 Å². The highest BCUT2D eigenvalue weighted by atomic mass is 16.5. The Kier molecular flexibility index (Phi) is 8.46. The lowest BCUT2D eigenvalue weighted by molar-refractivity contribution is -0.162. The monoisotopic (exact) mass is 451 g/mol. The molecule has 0 aromatic heterocycles. The fourth-order valence-electron chi connectivity index (χ4n) is 3.88. The third-order valence-corrected chi connectivity index (χ3v) is 5.80. The Labute approximate surface area is 195 Å². The van der Waals surface area contributed by atoms with Crippen LogP contribution in [0.15, 0.2) is 60.7 Å². The predicted octanol–water partition coefficient (Wildman–Crippen LogP) is 2.65. The molecule has 33 heavy (non-hydrogen) atoms. The second-order valence-electron chi connectivity index (χ2n) is 8.68. The zero-order chi connectivity index (χ0) is 23.8. The minimum absolute atomic E-state index is 0.172. The van der Waals surface area contributed by atoms with Crippen molar-refractivity contribution in [2.24, 2.45) is 5.92 Å². The number of piperazine rings is 1. The van der Waals surface area contributed by atoms with E-state index >= 15 is 0 Å². The molecule has 2 amide bonds. The van der Waals surface area contributed by atoms with Crippen LogP contribution in [0.4, 0.5) is 5.69 Å². The SMILES string of the molecule is CC(OC(=O)[C@@H](NC(=O)Cc1ccccc1)C(C)C)C(=O)N1CCN(c2ccccc2)CC1. The van der Waals surface area contributed by atoms with Gasteiger partial charge in [0.15, 0.2) is 6.10 Å². The molecule has 1 fully saturated rings. The number of ether oxygens (including phenoxy) is 1. The molecular formula is C26H33N3O4. The van der Waals surface area contributed by atoms with Gasteiger partial charge >= 0.3 is 5.97 Å². The van der Waals surface area contributed by atoms with Crippen molar-refractivity contribution in [3.63, 3.8) is 0 Å². The van der Waals surface area contributed by atoms with E-state index in [-0.39, 0.29) is 24.2 Å². The van der Waals surface area contributed by atoms with E-state index in [2.05, 4.69) is 22.3 Å². The van der Waals surface area contributed by atoms with Crippen LogP contribution in [0.2, 0.25) is 0 Å². The van der Waals surface area contributed by atoms with Crippen LogP contribution in [0.1, 0.15) is 26.3 Å². The predicted molar refractivity (Wildman–Crippen MR) is 128 cm³/mol. The van der Waals surface area contributed by atoms with Crippen LogP contribution in [0.5, 0.6) is 0 Å². The molecule has 7 nitrogen and oxygen atoms in total. The first-order valence-electron chi connectivity index (χ1n) is 11.5. The Morgan fingerprint density at radius 2 is 1.45 bits per heavy atom. The molecule has 0 aliphatic carbocycles. The molecule has 1 heterocycles. The first-order valence-corrected chi connectivity index (χ1v) is 11.5. The number of anilines is 1. The average molecular weight is 452 g/mol. The molecule has 2 atom stereocenters. The van der Waals surface area contributed by atoms with E-state index in [0.29, 0.717) is 13.1 Å². The van der Waals surface area contributed by atoms with Crippen LogP contribution in [-0.2, 0) is 25.5 Å². The Balaban J connectivity index is 1.51. The topological polar surface area (TPSA) is 78.9 Å². The molecular weight excluding hydrogens is 418 g/mol. The first-order chi connectivity index (χ1) is 15.8. The van der Waals surface area contributed by atoms with Gasteiger partial charge in [0.2, 0.25) is 5.91 Å². The molecule has 2 aromatic rings. The molecule has 7 heteroatoms. The minimum atomic E-state index is -0.909. The number of para-hydroxylation sites is 1. The van der Waals surface area contributed by atoms with Gasteiger partial charge < -0.3 is 19.9 Å². The number of carbonyl (C=O) groups is 3. The van der Waals surface area contributed by atoms with Crippen molar-refractivity contribution in [3.05, 3.63) is 66.2 Å². The lowest BCUT2D eigenvalue weighted by atomic mass is 10.0. The van der Waals surface area contributed by atoms with Crippen LogP contribution in [0, 0.1) is 5.92 Å². The Bertz CT molecular complexity index is 925. The number of carbonyl (C=O) groups excluding carboxylic acids is 3. The maximum Gasteiger partial charge on any atom is 0.329 e. The summed E-state index contributed by atoms with van der Waals surface area (Å²) in [4.78, 5) is 42.1. The maximum atomic E-state index is 12.9. The van der Waals surface area contributed by atoms with Crippen LogP contribution in [0.3, 0.4) is 0 Å². The van der Waals surface area contributed by atoms with Crippen molar-refractivity contribution in [3.8, 4) is 0 Å². The molecule has 0 bridgehead atoms. The van der Waals surface area contributed by atoms with Gasteiger partial charge in [-0.3, -0.25) is 9.59 Å². The fourth-order valence-corrected chi connectivity index (χ4v) is 3.88. The van der Waals surface area contributed by atoms with Crippen molar-refractivity contribution >= 4 is 23.5 Å². The smallest absolute Gasteiger partial charge is 0.329 e. The van der Waals surface area contributed by atoms with Crippen molar-refractivity contribution < 1.29 is 19.1 Å². The fraction of sp³-hybridized carbons (Fsp3) is 0.423. The van der Waals surface area contributed by atoms with E-state index < -0.39 is 18.1 Å². The highest BCUT2D eigenvalue weighted by molar-refractivity contribution is 5.88. The first kappa shape index (κ1) is 24.3. The second-order valence-corrected chi connectivity index (χ2v) is 8.68. The van der Waals surface area contributed by atoms with Crippen molar-refractivity contribution in [1.29, 1.82) is 0 Å². The summed E-state index contributed by atoms with van der Waals surface area (Å²) in [6, 6.07) is 18.6. The van der Waals surface area contributed by atoms with Gasteiger partial charge in [-0.1, -0.05) is 62.4 Å². The van der Waals surface area contributed by atoms with E-state index in [1.165, 1.54) is 0 Å². The number of rotatable bonds is 8. The van der Waals surface area contributed by atoms with Crippen LogP contribution < -0.4 is 10.2 Å². The molecule has 1 saturated heterocycles. The Morgan fingerprint density at radius 1 is 0.879 bits per heavy atom. The van der Waals surface area contributed by atoms with Crippen molar-refractivity contribution in [1.82, 2.24) is 10.2 Å². The highest BCUT2D eigenvalue weighted by Gasteiger charge is 2.31. The number of nitrogens with one attached hydrogen (secondary N) is 1. The van der Waals surface area contributed by atoms with E-state index in [0.717, 1.165) is 24.3 Å². The minimum Gasteiger partial charge on any atom is -0.451 e. The Hall–Kier alpha value is -3.35. The molecule has 2 aromatic carbocycles. The summed E-state index contributed by atoms with van der Waals surface area (Å²) >= 11 is 0. The van der Waals surface area contributed by atoms with Gasteiger partial charge in [0.25, 0.3) is 5.91 Å². The number of benzene rings is 2. The van der Waals surface area contributed by atoms with E-state index in [9.17, 15) is 14.4 Å². The molecule has 1 N–H and O–H groups in total. The number of hydrogen-bond donors (Lipinski definition) is 1. The van der Waals surface area contributed by atoms with Crippen LogP contribution in [0.25, 0.3) is 0 Å². The number of hydrogen-bond acceptors (Lipinski definition) is 5. The van der Waals surface area contributed by atoms with Crippen molar-refractivity contribution in [2.75, 3.05) is 31.1 Å². The number of esters is 1. The van der Waals surface area contributed by atoms with Gasteiger partial charge in [0.05, 0.1) is 6.42 Å². The maximum absolute atomic E-state index is 12.9. The Morgan fingerprint density at radius 3 is 2.03 bits per heavy atom. The highest BCUT2D eigenvalue weighted by Crippen LogP contribution is 2.16. The zero-order valence-corrected chi connectivity index (χ0v) is 19.6. The van der Waals surface area contributed by atoms with Gasteiger partial charge in [-0.15, -0.1) is 0 Å². The molecule has 3 rings (SSSR count). The quantitative estimate of drug-likeness (QED) is 0.625. The summed E-state index contributed by atoms with van der Waals surface area (Å²) in [5.74, 6) is -1.23. The average Bonchev–Trinajstić information content (AvgIpc) is 2.83. The third kappa shape index (κ3) is 6.81. The molecule has 0 saturated carbocycles. The largest absolute Gasteiger partial charge is 0.451 e. The summed E-state index contributed by atoms with van der Waals surface area (Å²) < 4.78 is 5.49. The van der Waals surface area contributed by atoms with E-state index in [1.807, 2.05) is 62.4 Å². The van der Waals surface area contributed by atoms with E-state index in [1.54, 1.807) is 11.8 Å². The summed E-state index contributed by atoms with van der Waals surface area (Å²) in [5.41, 5.74) is 2.00. The van der Waals surface area contributed by atoms with E-state index in [4.69, 9.17) is 4.74 Å². The van der Waals surface area contributed by atoms with Gasteiger partial charge in [0.1, 0.15) is 6.04 Å². The van der Waals surface area contributed by atoms with Gasteiger partial charge in [0, 0.05) is 31.9 Å². The van der Waals surface area contributed by atoms with Gasteiger partial charge in [-0.05, 0) is 30.5 Å². The van der Waals surface area contributed by atoms with Gasteiger partial charge in [-0.2, -0.15) is 0 Å². The molecule has 0 spiro atoms. The summed E-state index contributed by atoms with van der Waals surface area (Å²) in [6.45, 7) is 7.84. The summed E-state index contributed by atoms with van der Waals surface area (Å²) in [5, 5.41) is 2.77. The lowest BCUT2D eigenvalue weighted by Crippen LogP contribution is -2.53. The summed E-state index contributed by atoms with van der Waals surface area (Å²) in [7, 11) is 0. The molecule has 0 radical (unpaired) electrons. The lowest BCUT2D eigenvalue weighted by Gasteiger charge is -2.37. The number of nitrogens with zero attached hydrogens (tertiary/aromatic N) is 2. The molecule has 176 valence electrons. The normalized spacial score (nSPS) is 15.6. The van der Waals surface area contributed by atoms with Gasteiger partial charge in [-0.25, -0.2) is 4.79 Å². The molecule has 1 aliphatic heterocycles. The molecule has 1 aliphatic rings. The van der Waals surface area contributed by atoms with Crippen molar-refractivity contribution in [2.45, 2.75) is 39.3 Å². The zero-order valence-electron chi connectivity index (χ0n) is 19.6. The van der Waals surface area contributed by atoms with Crippen LogP contribution in [-0.4, -0.2) is 61.0 Å². The standard InChI is InChI=1S/C26H33N3O4/c1-19(2)24(27-23(30)18-21-10-6-4-7-11-21)26(32)33-20(3)25(31)29-16-14-28(15-17-29)22-12-8-5-9-13-22/h4-13,19-20,24H,14-18H2,1-3H3,(H,27,30)/t20?,24-/m0/s1. The third-order valence-electron chi connectivity index (χ3n) is 5.80. The second kappa shape index (κ2) is 11.5. The summed E-state index contributed by atoms with van der Waals surface area (Å²) in [6.07, 6.45) is -0.731. The molecule has 1 unspecified atom stereocenters. The number of amides is 2.